The van der Waals surface area contributed by atoms with Crippen LogP contribution in [-0.2, 0) is 11.0 Å². The van der Waals surface area contributed by atoms with Gasteiger partial charge in [0.05, 0.1) is 27.3 Å². The van der Waals surface area contributed by atoms with Gasteiger partial charge in [0.25, 0.3) is 0 Å². The number of alkyl halides is 3. The van der Waals surface area contributed by atoms with Crippen molar-refractivity contribution in [2.45, 2.75) is 42.5 Å². The van der Waals surface area contributed by atoms with Crippen LogP contribution in [0.2, 0.25) is 0 Å². The summed E-state index contributed by atoms with van der Waals surface area (Å²) in [7, 11) is 0. The zero-order chi connectivity index (χ0) is 23.0. The van der Waals surface area contributed by atoms with E-state index >= 15 is 0 Å². The van der Waals surface area contributed by atoms with Crippen LogP contribution >= 0.6 is 23.1 Å². The van der Waals surface area contributed by atoms with Crippen LogP contribution in [0.1, 0.15) is 43.2 Å². The maximum absolute atomic E-state index is 13.4. The number of carbonyl (C=O) groups is 1. The van der Waals surface area contributed by atoms with Gasteiger partial charge in [0, 0.05) is 23.4 Å². The molecule has 2 aromatic rings. The number of ketones is 1. The summed E-state index contributed by atoms with van der Waals surface area (Å²) in [5.41, 5.74) is 7.93. The number of allylic oxidation sites excluding steroid dienone is 3. The Hall–Kier alpha value is -2.70. The summed E-state index contributed by atoms with van der Waals surface area (Å²) >= 11 is 3.17. The van der Waals surface area contributed by atoms with Gasteiger partial charge >= 0.3 is 6.18 Å². The molecule has 166 valence electrons. The Labute approximate surface area is 192 Å². The number of thioether (sulfide) groups is 1. The van der Waals surface area contributed by atoms with Crippen LogP contribution in [0.25, 0.3) is 0 Å². The molecule has 0 bridgehead atoms. The van der Waals surface area contributed by atoms with E-state index in [0.717, 1.165) is 27.7 Å². The molecule has 2 aliphatic rings. The van der Waals surface area contributed by atoms with Gasteiger partial charge in [-0.25, -0.2) is 0 Å². The van der Waals surface area contributed by atoms with Crippen LogP contribution in [-0.4, -0.2) is 11.5 Å². The fourth-order valence-electron chi connectivity index (χ4n) is 4.28. The van der Waals surface area contributed by atoms with Crippen LogP contribution in [0.4, 0.5) is 18.9 Å². The van der Waals surface area contributed by atoms with Gasteiger partial charge < -0.3 is 5.73 Å². The SMILES string of the molecule is CCSc1sccc1C1C(C#N)=C(N)N(c2cccc(C(F)(F)F)c2)C2=C1C(=O)CCC2. The topological polar surface area (TPSA) is 70.1 Å². The number of hydrogen-bond acceptors (Lipinski definition) is 6. The third-order valence-corrected chi connectivity index (χ3v) is 7.74. The molecular formula is C23H20F3N3OS2. The molecule has 0 amide bonds. The average molecular weight is 476 g/mol. The normalized spacial score (nSPS) is 19.3. The fraction of sp³-hybridized carbons (Fsp3) is 0.304. The molecule has 1 aromatic carbocycles. The van der Waals surface area contributed by atoms with Gasteiger partial charge in [0.15, 0.2) is 5.78 Å². The second-order valence-corrected chi connectivity index (χ2v) is 9.91. The lowest BCUT2D eigenvalue weighted by Crippen LogP contribution is -2.38. The highest BCUT2D eigenvalue weighted by atomic mass is 32.2. The number of nitriles is 1. The van der Waals surface area contributed by atoms with Gasteiger partial charge in [0.2, 0.25) is 0 Å². The number of Topliss-reactive ketones (excluding diaryl/α,β-unsaturated/α-hetero) is 1. The first-order chi connectivity index (χ1) is 15.3. The first kappa shape index (κ1) is 22.5. The molecule has 0 saturated carbocycles. The minimum absolute atomic E-state index is 0.0731. The van der Waals surface area contributed by atoms with Gasteiger partial charge in [-0.2, -0.15) is 18.4 Å². The summed E-state index contributed by atoms with van der Waals surface area (Å²) in [6.07, 6.45) is -3.11. The number of thiophene rings is 1. The zero-order valence-electron chi connectivity index (χ0n) is 17.2. The second-order valence-electron chi connectivity index (χ2n) is 7.46. The predicted molar refractivity (Wildman–Crippen MR) is 120 cm³/mol. The van der Waals surface area contributed by atoms with E-state index in [0.29, 0.717) is 30.5 Å². The van der Waals surface area contributed by atoms with E-state index in [1.165, 1.54) is 17.0 Å². The summed E-state index contributed by atoms with van der Waals surface area (Å²) < 4.78 is 41.1. The molecule has 4 nitrogen and oxygen atoms in total. The number of benzene rings is 1. The molecule has 0 radical (unpaired) electrons. The van der Waals surface area contributed by atoms with E-state index in [1.54, 1.807) is 23.1 Å². The van der Waals surface area contributed by atoms with Crippen LogP contribution in [0.5, 0.6) is 0 Å². The molecular weight excluding hydrogens is 455 g/mol. The minimum atomic E-state index is -4.52. The lowest BCUT2D eigenvalue weighted by Gasteiger charge is -2.39. The third kappa shape index (κ3) is 3.82. The molecule has 4 rings (SSSR count). The van der Waals surface area contributed by atoms with Crippen molar-refractivity contribution >= 4 is 34.6 Å². The van der Waals surface area contributed by atoms with Crippen molar-refractivity contribution in [3.8, 4) is 6.07 Å². The number of anilines is 1. The molecule has 1 aliphatic carbocycles. The second kappa shape index (κ2) is 8.68. The summed E-state index contributed by atoms with van der Waals surface area (Å²) in [6, 6.07) is 8.89. The molecule has 2 N–H and O–H groups in total. The number of rotatable bonds is 4. The largest absolute Gasteiger partial charge is 0.416 e. The lowest BCUT2D eigenvalue weighted by molar-refractivity contribution is -0.137. The van der Waals surface area contributed by atoms with Crippen LogP contribution in [0.3, 0.4) is 0 Å². The Bertz CT molecular complexity index is 1170. The van der Waals surface area contributed by atoms with E-state index in [9.17, 15) is 23.2 Å². The van der Waals surface area contributed by atoms with E-state index in [4.69, 9.17) is 5.73 Å². The molecule has 2 heterocycles. The monoisotopic (exact) mass is 475 g/mol. The molecule has 9 heteroatoms. The fourth-order valence-corrected chi connectivity index (χ4v) is 6.35. The molecule has 0 spiro atoms. The van der Waals surface area contributed by atoms with E-state index < -0.39 is 17.7 Å². The third-order valence-electron chi connectivity index (χ3n) is 5.59. The van der Waals surface area contributed by atoms with Gasteiger partial charge in [-0.15, -0.1) is 23.1 Å². The maximum atomic E-state index is 13.4. The van der Waals surface area contributed by atoms with Crippen molar-refractivity contribution < 1.29 is 18.0 Å². The number of hydrogen-bond donors (Lipinski definition) is 1. The molecule has 1 atom stereocenters. The summed E-state index contributed by atoms with van der Waals surface area (Å²) in [4.78, 5) is 14.6. The average Bonchev–Trinajstić information content (AvgIpc) is 3.21. The molecule has 0 fully saturated rings. The summed E-state index contributed by atoms with van der Waals surface area (Å²) in [5.74, 6) is 0.207. The Morgan fingerprint density at radius 1 is 1.31 bits per heavy atom. The molecule has 32 heavy (non-hydrogen) atoms. The quantitative estimate of drug-likeness (QED) is 0.535. The Kier molecular flexibility index (Phi) is 6.10. The summed E-state index contributed by atoms with van der Waals surface area (Å²) in [5, 5.41) is 12.0. The Morgan fingerprint density at radius 3 is 2.78 bits per heavy atom. The Balaban J connectivity index is 1.94. The maximum Gasteiger partial charge on any atom is 0.416 e. The van der Waals surface area contributed by atoms with Crippen molar-refractivity contribution in [1.29, 1.82) is 5.26 Å². The van der Waals surface area contributed by atoms with Crippen LogP contribution in [0, 0.1) is 11.3 Å². The van der Waals surface area contributed by atoms with Crippen molar-refractivity contribution in [2.75, 3.05) is 10.7 Å². The number of carbonyl (C=O) groups excluding carboxylic acids is 1. The van der Waals surface area contributed by atoms with E-state index in [2.05, 4.69) is 6.07 Å². The first-order valence-electron chi connectivity index (χ1n) is 10.1. The summed E-state index contributed by atoms with van der Waals surface area (Å²) in [6.45, 7) is 2.02. The standard InChI is InChI=1S/C23H20F3N3OS2/c1-2-31-22-15(9-10-32-22)19-16(12-27)21(28)29(17-7-4-8-18(30)20(17)19)14-6-3-5-13(11-14)23(24,25)26/h3,5-6,9-11,19H,2,4,7-8,28H2,1H3. The number of nitrogens with two attached hydrogens (primary N) is 1. The van der Waals surface area contributed by atoms with Crippen LogP contribution < -0.4 is 10.6 Å². The van der Waals surface area contributed by atoms with Crippen molar-refractivity contribution in [2.24, 2.45) is 5.73 Å². The number of halogens is 3. The Morgan fingerprint density at radius 2 is 2.09 bits per heavy atom. The highest BCUT2D eigenvalue weighted by molar-refractivity contribution is 8.01. The van der Waals surface area contributed by atoms with Crippen molar-refractivity contribution in [3.05, 3.63) is 69.5 Å². The minimum Gasteiger partial charge on any atom is -0.384 e. The molecule has 1 aromatic heterocycles. The molecule has 1 unspecified atom stereocenters. The molecule has 1 aliphatic heterocycles. The smallest absolute Gasteiger partial charge is 0.384 e. The van der Waals surface area contributed by atoms with Gasteiger partial charge in [-0.3, -0.25) is 9.69 Å². The lowest BCUT2D eigenvalue weighted by atomic mass is 9.76. The van der Waals surface area contributed by atoms with Crippen LogP contribution in [0.15, 0.2) is 62.6 Å². The highest BCUT2D eigenvalue weighted by Crippen LogP contribution is 2.49. The predicted octanol–water partition coefficient (Wildman–Crippen LogP) is 6.18. The van der Waals surface area contributed by atoms with E-state index in [1.807, 2.05) is 18.4 Å². The van der Waals surface area contributed by atoms with Crippen molar-refractivity contribution in [3.63, 3.8) is 0 Å². The zero-order valence-corrected chi connectivity index (χ0v) is 18.8. The first-order valence-corrected chi connectivity index (χ1v) is 12.0. The van der Waals surface area contributed by atoms with Gasteiger partial charge in [-0.05, 0) is 53.8 Å². The number of nitrogens with zero attached hydrogens (tertiary/aromatic N) is 2. The molecule has 0 saturated heterocycles. The van der Waals surface area contributed by atoms with Crippen molar-refractivity contribution in [1.82, 2.24) is 0 Å². The highest BCUT2D eigenvalue weighted by Gasteiger charge is 2.41. The van der Waals surface area contributed by atoms with E-state index in [-0.39, 0.29) is 22.9 Å². The van der Waals surface area contributed by atoms with Gasteiger partial charge in [0.1, 0.15) is 5.82 Å². The van der Waals surface area contributed by atoms with Gasteiger partial charge in [-0.1, -0.05) is 13.0 Å².